The van der Waals surface area contributed by atoms with Gasteiger partial charge in [-0.3, -0.25) is 0 Å². The predicted octanol–water partition coefficient (Wildman–Crippen LogP) is 1.31. The maximum absolute atomic E-state index is 5.83. The molecule has 0 spiro atoms. The second kappa shape index (κ2) is 4.84. The summed E-state index contributed by atoms with van der Waals surface area (Å²) < 4.78 is 2.22. The predicted molar refractivity (Wildman–Crippen MR) is 57.8 cm³/mol. The molecule has 0 bridgehead atoms. The zero-order valence-corrected chi connectivity index (χ0v) is 9.20. The molecular weight excluding hydrogens is 209 g/mol. The molecule has 1 unspecified atom stereocenters. The van der Waals surface area contributed by atoms with Gasteiger partial charge in [-0.15, -0.1) is 24.8 Å². The third-order valence-electron chi connectivity index (χ3n) is 2.33. The molecule has 1 atom stereocenters. The summed E-state index contributed by atoms with van der Waals surface area (Å²) in [6.45, 7) is 2.97. The molecule has 0 amide bonds. The minimum Gasteiger partial charge on any atom is -0.331 e. The zero-order chi connectivity index (χ0) is 7.84. The second-order valence-corrected chi connectivity index (χ2v) is 3.21. The molecule has 2 N–H and O–H groups in total. The molecule has 2 heterocycles. The average Bonchev–Trinajstić information content (AvgIpc) is 2.33. The molecule has 0 fully saturated rings. The molecule has 1 aliphatic rings. The van der Waals surface area contributed by atoms with Crippen molar-refractivity contribution < 1.29 is 0 Å². The highest BCUT2D eigenvalue weighted by atomic mass is 35.5. The molecule has 0 radical (unpaired) electrons. The number of imidazole rings is 1. The van der Waals surface area contributed by atoms with E-state index < -0.39 is 0 Å². The Labute approximate surface area is 90.5 Å². The first-order valence-electron chi connectivity index (χ1n) is 4.04. The van der Waals surface area contributed by atoms with Crippen LogP contribution in [0.15, 0.2) is 6.20 Å². The number of hydrogen-bond donors (Lipinski definition) is 1. The number of nitrogens with two attached hydrogens (primary N) is 1. The van der Waals surface area contributed by atoms with Crippen molar-refractivity contribution in [3.63, 3.8) is 0 Å². The monoisotopic (exact) mass is 223 g/mol. The van der Waals surface area contributed by atoms with E-state index in [9.17, 15) is 0 Å². The van der Waals surface area contributed by atoms with Crippen LogP contribution in [-0.2, 0) is 13.0 Å². The number of rotatable bonds is 0. The standard InChI is InChI=1S/C8H13N3.2ClH/c1-6-10-4-8-3-2-7(9)5-11(6)8;;/h4,7H,2-3,5,9H2,1H3;2*1H. The SMILES string of the molecule is Cc1ncc2n1CC(N)CC2.Cl.Cl. The van der Waals surface area contributed by atoms with E-state index in [4.69, 9.17) is 5.73 Å². The van der Waals surface area contributed by atoms with Crippen LogP contribution in [0.1, 0.15) is 17.9 Å². The molecular formula is C8H15Cl2N3. The van der Waals surface area contributed by atoms with Crippen molar-refractivity contribution in [2.45, 2.75) is 32.4 Å². The first-order chi connectivity index (χ1) is 5.27. The number of fused-ring (bicyclic) bond motifs is 1. The lowest BCUT2D eigenvalue weighted by Crippen LogP contribution is -2.32. The summed E-state index contributed by atoms with van der Waals surface area (Å²) in [5.74, 6) is 1.09. The minimum atomic E-state index is 0. The van der Waals surface area contributed by atoms with E-state index in [1.54, 1.807) is 0 Å². The highest BCUT2D eigenvalue weighted by Crippen LogP contribution is 2.14. The number of hydrogen-bond acceptors (Lipinski definition) is 2. The van der Waals surface area contributed by atoms with Crippen molar-refractivity contribution in [3.8, 4) is 0 Å². The topological polar surface area (TPSA) is 43.8 Å². The highest BCUT2D eigenvalue weighted by Gasteiger charge is 2.16. The molecule has 0 aromatic carbocycles. The van der Waals surface area contributed by atoms with Crippen LogP contribution >= 0.6 is 24.8 Å². The van der Waals surface area contributed by atoms with E-state index >= 15 is 0 Å². The normalized spacial score (nSPS) is 19.7. The molecule has 2 rings (SSSR count). The van der Waals surface area contributed by atoms with Gasteiger partial charge in [-0.25, -0.2) is 4.98 Å². The van der Waals surface area contributed by atoms with E-state index in [-0.39, 0.29) is 24.8 Å². The maximum Gasteiger partial charge on any atom is 0.105 e. The van der Waals surface area contributed by atoms with Crippen LogP contribution in [0.3, 0.4) is 0 Å². The zero-order valence-electron chi connectivity index (χ0n) is 7.56. The van der Waals surface area contributed by atoms with Crippen LogP contribution in [-0.4, -0.2) is 15.6 Å². The van der Waals surface area contributed by atoms with Crippen molar-refractivity contribution in [2.24, 2.45) is 5.73 Å². The Morgan fingerprint density at radius 3 is 2.92 bits per heavy atom. The lowest BCUT2D eigenvalue weighted by atomic mass is 10.1. The maximum atomic E-state index is 5.83. The molecule has 1 aliphatic heterocycles. The highest BCUT2D eigenvalue weighted by molar-refractivity contribution is 5.85. The summed E-state index contributed by atoms with van der Waals surface area (Å²) in [5.41, 5.74) is 7.17. The number of aromatic nitrogens is 2. The molecule has 0 saturated heterocycles. The van der Waals surface area contributed by atoms with Crippen LogP contribution in [0.2, 0.25) is 0 Å². The van der Waals surface area contributed by atoms with Gasteiger partial charge in [0.05, 0.1) is 0 Å². The minimum absolute atomic E-state index is 0. The van der Waals surface area contributed by atoms with Crippen LogP contribution < -0.4 is 5.73 Å². The van der Waals surface area contributed by atoms with Crippen LogP contribution in [0.25, 0.3) is 0 Å². The molecule has 1 aromatic heterocycles. The second-order valence-electron chi connectivity index (χ2n) is 3.21. The summed E-state index contributed by atoms with van der Waals surface area (Å²) in [4.78, 5) is 4.24. The van der Waals surface area contributed by atoms with Gasteiger partial charge in [0.2, 0.25) is 0 Å². The first kappa shape index (κ1) is 12.8. The molecule has 0 saturated carbocycles. The molecule has 1 aromatic rings. The van der Waals surface area contributed by atoms with E-state index in [2.05, 4.69) is 9.55 Å². The Morgan fingerprint density at radius 1 is 1.54 bits per heavy atom. The van der Waals surface area contributed by atoms with E-state index in [1.807, 2.05) is 13.1 Å². The van der Waals surface area contributed by atoms with Gasteiger partial charge in [0.25, 0.3) is 0 Å². The van der Waals surface area contributed by atoms with Crippen LogP contribution in [0.4, 0.5) is 0 Å². The largest absolute Gasteiger partial charge is 0.331 e. The number of aryl methyl sites for hydroxylation is 2. The number of nitrogens with zero attached hydrogens (tertiary/aromatic N) is 2. The third-order valence-corrected chi connectivity index (χ3v) is 2.33. The molecule has 5 heteroatoms. The lowest BCUT2D eigenvalue weighted by Gasteiger charge is -2.21. The van der Waals surface area contributed by atoms with Crippen molar-refractivity contribution in [1.29, 1.82) is 0 Å². The van der Waals surface area contributed by atoms with Gasteiger partial charge in [-0.05, 0) is 19.8 Å². The Morgan fingerprint density at radius 2 is 2.23 bits per heavy atom. The molecule has 3 nitrogen and oxygen atoms in total. The Hall–Kier alpha value is -0.250. The Bertz CT molecular complexity index is 272. The Kier molecular flexibility index (Phi) is 4.75. The van der Waals surface area contributed by atoms with Gasteiger partial charge in [0.15, 0.2) is 0 Å². The van der Waals surface area contributed by atoms with Gasteiger partial charge in [0, 0.05) is 24.5 Å². The molecule has 76 valence electrons. The van der Waals surface area contributed by atoms with Gasteiger partial charge >= 0.3 is 0 Å². The van der Waals surface area contributed by atoms with Gasteiger partial charge in [-0.1, -0.05) is 0 Å². The fourth-order valence-corrected chi connectivity index (χ4v) is 1.62. The van der Waals surface area contributed by atoms with E-state index in [0.717, 1.165) is 25.2 Å². The van der Waals surface area contributed by atoms with Gasteiger partial charge < -0.3 is 10.3 Å². The lowest BCUT2D eigenvalue weighted by molar-refractivity contribution is 0.453. The number of halogens is 2. The summed E-state index contributed by atoms with van der Waals surface area (Å²) in [6, 6.07) is 0.329. The van der Waals surface area contributed by atoms with Crippen molar-refractivity contribution in [2.75, 3.05) is 0 Å². The fraction of sp³-hybridized carbons (Fsp3) is 0.625. The van der Waals surface area contributed by atoms with Crippen molar-refractivity contribution in [1.82, 2.24) is 9.55 Å². The molecule has 0 aliphatic carbocycles. The van der Waals surface area contributed by atoms with E-state index in [0.29, 0.717) is 6.04 Å². The summed E-state index contributed by atoms with van der Waals surface area (Å²) in [7, 11) is 0. The van der Waals surface area contributed by atoms with Crippen LogP contribution in [0.5, 0.6) is 0 Å². The first-order valence-corrected chi connectivity index (χ1v) is 4.04. The van der Waals surface area contributed by atoms with Gasteiger partial charge in [-0.2, -0.15) is 0 Å². The van der Waals surface area contributed by atoms with Crippen molar-refractivity contribution >= 4 is 24.8 Å². The van der Waals surface area contributed by atoms with Crippen LogP contribution in [0, 0.1) is 6.92 Å². The summed E-state index contributed by atoms with van der Waals surface area (Å²) >= 11 is 0. The average molecular weight is 224 g/mol. The molecule has 13 heavy (non-hydrogen) atoms. The smallest absolute Gasteiger partial charge is 0.105 e. The quantitative estimate of drug-likeness (QED) is 0.722. The summed E-state index contributed by atoms with van der Waals surface area (Å²) in [5, 5.41) is 0. The third kappa shape index (κ3) is 2.36. The summed E-state index contributed by atoms with van der Waals surface area (Å²) in [6.07, 6.45) is 4.15. The Balaban J connectivity index is 0.000000720. The van der Waals surface area contributed by atoms with Gasteiger partial charge in [0.1, 0.15) is 5.82 Å². The fourth-order valence-electron chi connectivity index (χ4n) is 1.62. The van der Waals surface area contributed by atoms with Crippen molar-refractivity contribution in [3.05, 3.63) is 17.7 Å². The van der Waals surface area contributed by atoms with E-state index in [1.165, 1.54) is 5.69 Å².